The zero-order valence-corrected chi connectivity index (χ0v) is 13.0. The molecule has 1 aliphatic heterocycles. The number of benzene rings is 1. The van der Waals surface area contributed by atoms with E-state index in [1.165, 1.54) is 11.3 Å². The van der Waals surface area contributed by atoms with Crippen LogP contribution in [0.25, 0.3) is 0 Å². The van der Waals surface area contributed by atoms with Crippen molar-refractivity contribution in [1.82, 2.24) is 0 Å². The van der Waals surface area contributed by atoms with Crippen molar-refractivity contribution in [3.05, 3.63) is 36.4 Å². The molecule has 0 spiro atoms. The minimum atomic E-state index is -0.132. The fraction of sp³-hybridized carbons (Fsp3) is 0.474. The van der Waals surface area contributed by atoms with Crippen molar-refractivity contribution in [1.29, 1.82) is 0 Å². The smallest absolute Gasteiger partial charge is 0.238 e. The molecule has 4 heteroatoms. The van der Waals surface area contributed by atoms with Gasteiger partial charge < -0.3 is 4.74 Å². The number of ether oxygens (including phenoxy) is 1. The zero-order valence-electron chi connectivity index (χ0n) is 13.0. The second kappa shape index (κ2) is 4.47. The van der Waals surface area contributed by atoms with Crippen molar-refractivity contribution in [3.8, 4) is 5.75 Å². The normalized spacial score (nSPS) is 39.4. The highest BCUT2D eigenvalue weighted by molar-refractivity contribution is 6.22. The van der Waals surface area contributed by atoms with Crippen LogP contribution in [-0.4, -0.2) is 18.4 Å². The summed E-state index contributed by atoms with van der Waals surface area (Å²) in [4.78, 5) is 27.3. The van der Waals surface area contributed by atoms with Gasteiger partial charge in [-0.15, -0.1) is 0 Å². The first-order valence-corrected chi connectivity index (χ1v) is 8.49. The largest absolute Gasteiger partial charge is 0.494 e. The Morgan fingerprint density at radius 1 is 1.00 bits per heavy atom. The number of amides is 2. The molecule has 0 radical (unpaired) electrons. The lowest BCUT2D eigenvalue weighted by Crippen LogP contribution is -2.40. The highest BCUT2D eigenvalue weighted by atomic mass is 16.5. The Kier molecular flexibility index (Phi) is 2.59. The summed E-state index contributed by atoms with van der Waals surface area (Å²) in [5, 5.41) is 0. The van der Waals surface area contributed by atoms with E-state index in [4.69, 9.17) is 4.74 Å². The Balaban J connectivity index is 1.49. The van der Waals surface area contributed by atoms with Crippen LogP contribution in [0, 0.1) is 35.5 Å². The number of hydrogen-bond donors (Lipinski definition) is 0. The third-order valence-corrected chi connectivity index (χ3v) is 6.07. The van der Waals surface area contributed by atoms with Gasteiger partial charge in [-0.2, -0.15) is 0 Å². The number of rotatable bonds is 3. The first kappa shape index (κ1) is 13.3. The van der Waals surface area contributed by atoms with Crippen LogP contribution >= 0.6 is 0 Å². The monoisotopic (exact) mass is 309 g/mol. The van der Waals surface area contributed by atoms with E-state index in [1.807, 2.05) is 31.2 Å². The standard InChI is InChI=1S/C19H19NO3/c1-2-23-11-5-3-10(4-6-11)20-18(21)16-12-7-8-13(15-9-14(12)15)17(16)19(20)22/h3-8,12-17H,2,9H2,1H3/t12-,13-,14-,15+,16+,17-/m0/s1. The molecule has 0 unspecified atom stereocenters. The number of carbonyl (C=O) groups excluding carboxylic acids is 2. The Hall–Kier alpha value is -2.10. The van der Waals surface area contributed by atoms with Gasteiger partial charge in [0.25, 0.3) is 0 Å². The molecular weight excluding hydrogens is 290 g/mol. The Labute approximate surface area is 135 Å². The van der Waals surface area contributed by atoms with Gasteiger partial charge >= 0.3 is 0 Å². The lowest BCUT2D eigenvalue weighted by molar-refractivity contribution is -0.124. The van der Waals surface area contributed by atoms with Crippen LogP contribution in [0.4, 0.5) is 5.69 Å². The molecule has 2 amide bonds. The van der Waals surface area contributed by atoms with E-state index in [2.05, 4.69) is 12.2 Å². The third kappa shape index (κ3) is 1.66. The molecule has 3 fully saturated rings. The minimum Gasteiger partial charge on any atom is -0.494 e. The van der Waals surface area contributed by atoms with Crippen LogP contribution in [-0.2, 0) is 9.59 Å². The molecule has 4 nitrogen and oxygen atoms in total. The Bertz CT molecular complexity index is 687. The summed E-state index contributed by atoms with van der Waals surface area (Å²) in [6.45, 7) is 2.53. The summed E-state index contributed by atoms with van der Waals surface area (Å²) >= 11 is 0. The molecule has 1 saturated heterocycles. The molecule has 4 aliphatic carbocycles. The van der Waals surface area contributed by atoms with Crippen molar-refractivity contribution in [2.24, 2.45) is 35.5 Å². The summed E-state index contributed by atoms with van der Waals surface area (Å²) in [6, 6.07) is 7.28. The molecule has 2 bridgehead atoms. The second-order valence-electron chi connectivity index (χ2n) is 7.09. The molecule has 0 N–H and O–H groups in total. The summed E-state index contributed by atoms with van der Waals surface area (Å²) in [5.74, 6) is 2.32. The zero-order chi connectivity index (χ0) is 15.7. The van der Waals surface area contributed by atoms with E-state index in [1.54, 1.807) is 0 Å². The Morgan fingerprint density at radius 3 is 2.09 bits per heavy atom. The number of anilines is 1. The first-order valence-electron chi connectivity index (χ1n) is 8.49. The van der Waals surface area contributed by atoms with E-state index in [-0.39, 0.29) is 35.5 Å². The van der Waals surface area contributed by atoms with Gasteiger partial charge in [-0.25, -0.2) is 0 Å². The second-order valence-corrected chi connectivity index (χ2v) is 7.09. The van der Waals surface area contributed by atoms with Crippen molar-refractivity contribution in [2.75, 3.05) is 11.5 Å². The summed E-state index contributed by atoms with van der Waals surface area (Å²) in [5.41, 5.74) is 0.672. The maximum Gasteiger partial charge on any atom is 0.238 e. The average molecular weight is 309 g/mol. The highest BCUT2D eigenvalue weighted by Crippen LogP contribution is 2.65. The molecule has 23 heavy (non-hydrogen) atoms. The maximum absolute atomic E-state index is 13.0. The Morgan fingerprint density at radius 2 is 1.57 bits per heavy atom. The van der Waals surface area contributed by atoms with Gasteiger partial charge in [-0.3, -0.25) is 14.5 Å². The molecule has 0 aromatic heterocycles. The maximum atomic E-state index is 13.0. The predicted octanol–water partition coefficient (Wildman–Crippen LogP) is 2.64. The molecule has 6 rings (SSSR count). The highest BCUT2D eigenvalue weighted by Gasteiger charge is 2.67. The lowest BCUT2D eigenvalue weighted by Gasteiger charge is -2.37. The van der Waals surface area contributed by atoms with Crippen LogP contribution < -0.4 is 9.64 Å². The van der Waals surface area contributed by atoms with Crippen LogP contribution in [0.15, 0.2) is 36.4 Å². The first-order chi connectivity index (χ1) is 11.2. The van der Waals surface area contributed by atoms with Crippen LogP contribution in [0.3, 0.4) is 0 Å². The van der Waals surface area contributed by atoms with E-state index >= 15 is 0 Å². The van der Waals surface area contributed by atoms with E-state index in [0.29, 0.717) is 24.1 Å². The van der Waals surface area contributed by atoms with Crippen molar-refractivity contribution >= 4 is 17.5 Å². The number of carbonyl (C=O) groups is 2. The molecule has 1 aromatic rings. The minimum absolute atomic E-state index is 0.00569. The van der Waals surface area contributed by atoms with Gasteiger partial charge in [0.05, 0.1) is 24.1 Å². The molecule has 118 valence electrons. The summed E-state index contributed by atoms with van der Waals surface area (Å²) in [7, 11) is 0. The number of hydrogen-bond acceptors (Lipinski definition) is 3. The third-order valence-electron chi connectivity index (χ3n) is 6.07. The van der Waals surface area contributed by atoms with Crippen LogP contribution in [0.5, 0.6) is 5.75 Å². The van der Waals surface area contributed by atoms with Gasteiger partial charge in [0.2, 0.25) is 11.8 Å². The predicted molar refractivity (Wildman–Crippen MR) is 84.8 cm³/mol. The topological polar surface area (TPSA) is 46.6 Å². The average Bonchev–Trinajstić information content (AvgIpc) is 3.34. The molecular formula is C19H19NO3. The SMILES string of the molecule is CCOc1ccc(N2C(=O)[C@@H]3[C@H]4C=C[C@@H]([C@H]5C[C@@H]45)[C@@H]3C2=O)cc1. The summed E-state index contributed by atoms with van der Waals surface area (Å²) in [6.07, 6.45) is 5.60. The summed E-state index contributed by atoms with van der Waals surface area (Å²) < 4.78 is 5.44. The van der Waals surface area contributed by atoms with Gasteiger partial charge in [-0.1, -0.05) is 12.2 Å². The molecule has 2 saturated carbocycles. The van der Waals surface area contributed by atoms with Crippen LogP contribution in [0.1, 0.15) is 13.3 Å². The molecule has 6 atom stereocenters. The van der Waals surface area contributed by atoms with E-state index < -0.39 is 0 Å². The number of imide groups is 1. The van der Waals surface area contributed by atoms with Gasteiger partial charge in [0.15, 0.2) is 0 Å². The van der Waals surface area contributed by atoms with Gasteiger partial charge in [-0.05, 0) is 61.3 Å². The lowest BCUT2D eigenvalue weighted by atomic mass is 9.63. The number of allylic oxidation sites excluding steroid dienone is 2. The molecule has 1 heterocycles. The number of nitrogens with zero attached hydrogens (tertiary/aromatic N) is 1. The van der Waals surface area contributed by atoms with Crippen molar-refractivity contribution in [3.63, 3.8) is 0 Å². The fourth-order valence-electron chi connectivity index (χ4n) is 5.07. The van der Waals surface area contributed by atoms with Gasteiger partial charge in [0.1, 0.15) is 5.75 Å². The van der Waals surface area contributed by atoms with Gasteiger partial charge in [0, 0.05) is 0 Å². The molecule has 5 aliphatic rings. The van der Waals surface area contributed by atoms with E-state index in [9.17, 15) is 9.59 Å². The quantitative estimate of drug-likeness (QED) is 0.637. The van der Waals surface area contributed by atoms with Crippen molar-refractivity contribution < 1.29 is 14.3 Å². The van der Waals surface area contributed by atoms with Crippen LogP contribution in [0.2, 0.25) is 0 Å². The molecule has 1 aromatic carbocycles. The van der Waals surface area contributed by atoms with Crippen molar-refractivity contribution in [2.45, 2.75) is 13.3 Å². The van der Waals surface area contributed by atoms with E-state index in [0.717, 1.165) is 5.75 Å². The fourth-order valence-corrected chi connectivity index (χ4v) is 5.07.